The number of nitrogens with zero attached hydrogens (tertiary/aromatic N) is 2. The molecule has 1 atom stereocenters. The molecule has 1 aliphatic carbocycles. The molecule has 0 radical (unpaired) electrons. The summed E-state index contributed by atoms with van der Waals surface area (Å²) >= 11 is 0. The molecule has 0 bridgehead atoms. The molecule has 0 fully saturated rings. The van der Waals surface area contributed by atoms with Crippen molar-refractivity contribution in [2.75, 3.05) is 0 Å². The summed E-state index contributed by atoms with van der Waals surface area (Å²) in [5, 5.41) is 7.42. The van der Waals surface area contributed by atoms with Gasteiger partial charge in [0.15, 0.2) is 0 Å². The lowest BCUT2D eigenvalue weighted by Gasteiger charge is -2.23. The third kappa shape index (κ3) is 2.69. The van der Waals surface area contributed by atoms with Gasteiger partial charge < -0.3 is 11.1 Å². The first-order chi connectivity index (χ1) is 10.2. The highest BCUT2D eigenvalue weighted by Gasteiger charge is 2.24. The van der Waals surface area contributed by atoms with E-state index in [-0.39, 0.29) is 11.9 Å². The number of aromatic nitrogens is 2. The highest BCUT2D eigenvalue weighted by atomic mass is 16.1. The van der Waals surface area contributed by atoms with E-state index < -0.39 is 0 Å². The Labute approximate surface area is 124 Å². The largest absolute Gasteiger partial charge is 0.345 e. The Bertz CT molecular complexity index is 645. The Morgan fingerprint density at radius 2 is 2.19 bits per heavy atom. The molecule has 0 saturated heterocycles. The van der Waals surface area contributed by atoms with Crippen LogP contribution in [0, 0.1) is 0 Å². The molecular weight excluding hydrogens is 264 g/mol. The summed E-state index contributed by atoms with van der Waals surface area (Å²) in [5.41, 5.74) is 9.64. The van der Waals surface area contributed by atoms with Crippen molar-refractivity contribution in [3.8, 4) is 0 Å². The van der Waals surface area contributed by atoms with Crippen molar-refractivity contribution in [2.45, 2.75) is 31.8 Å². The summed E-state index contributed by atoms with van der Waals surface area (Å²) < 4.78 is 1.91. The zero-order chi connectivity index (χ0) is 14.8. The summed E-state index contributed by atoms with van der Waals surface area (Å²) in [6, 6.07) is 7.50. The average molecular weight is 284 g/mol. The maximum Gasteiger partial charge on any atom is 0.251 e. The minimum absolute atomic E-state index is 0.0414. The fourth-order valence-corrected chi connectivity index (χ4v) is 2.89. The molecule has 0 saturated carbocycles. The van der Waals surface area contributed by atoms with Crippen LogP contribution in [0.1, 0.15) is 46.1 Å². The first kappa shape index (κ1) is 13.8. The summed E-state index contributed by atoms with van der Waals surface area (Å²) in [5.74, 6) is -0.0414. The Morgan fingerprint density at radius 1 is 1.43 bits per heavy atom. The molecule has 2 aromatic rings. The molecule has 110 valence electrons. The molecule has 21 heavy (non-hydrogen) atoms. The van der Waals surface area contributed by atoms with Gasteiger partial charge in [0.2, 0.25) is 0 Å². The zero-order valence-electron chi connectivity index (χ0n) is 12.2. The van der Waals surface area contributed by atoms with Gasteiger partial charge >= 0.3 is 0 Å². The van der Waals surface area contributed by atoms with Crippen LogP contribution in [0.2, 0.25) is 0 Å². The Balaban J connectivity index is 1.76. The second-order valence-electron chi connectivity index (χ2n) is 5.49. The molecule has 0 aliphatic heterocycles. The van der Waals surface area contributed by atoms with Crippen molar-refractivity contribution in [1.29, 1.82) is 0 Å². The van der Waals surface area contributed by atoms with Crippen molar-refractivity contribution in [3.63, 3.8) is 0 Å². The monoisotopic (exact) mass is 284 g/mol. The van der Waals surface area contributed by atoms with Crippen LogP contribution in [0.3, 0.4) is 0 Å². The van der Waals surface area contributed by atoms with Crippen LogP contribution in [0.15, 0.2) is 30.5 Å². The smallest absolute Gasteiger partial charge is 0.251 e. The van der Waals surface area contributed by atoms with E-state index in [1.165, 1.54) is 5.69 Å². The normalized spacial score (nSPS) is 17.3. The van der Waals surface area contributed by atoms with Gasteiger partial charge in [-0.05, 0) is 37.0 Å². The van der Waals surface area contributed by atoms with Gasteiger partial charge in [-0.3, -0.25) is 9.48 Å². The standard InChI is InChI=1S/C16H20N4O/c1-20-15-4-2-3-14(13(15)10-18-20)19-16(21)12-7-5-11(9-17)6-8-12/h5-8,10,14H,2-4,9,17H2,1H3,(H,19,21). The molecule has 1 aliphatic rings. The molecule has 5 heteroatoms. The molecular formula is C16H20N4O. The van der Waals surface area contributed by atoms with Crippen LogP contribution in [0.25, 0.3) is 0 Å². The minimum Gasteiger partial charge on any atom is -0.345 e. The molecule has 1 heterocycles. The van der Waals surface area contributed by atoms with E-state index in [2.05, 4.69) is 10.4 Å². The number of nitrogens with one attached hydrogen (secondary N) is 1. The van der Waals surface area contributed by atoms with Crippen molar-refractivity contribution < 1.29 is 4.79 Å². The fourth-order valence-electron chi connectivity index (χ4n) is 2.89. The minimum atomic E-state index is -0.0414. The molecule has 0 spiro atoms. The summed E-state index contributed by atoms with van der Waals surface area (Å²) in [7, 11) is 1.95. The first-order valence-corrected chi connectivity index (χ1v) is 7.29. The lowest BCUT2D eigenvalue weighted by Crippen LogP contribution is -2.30. The van der Waals surface area contributed by atoms with Gasteiger partial charge in [0, 0.05) is 30.4 Å². The summed E-state index contributed by atoms with van der Waals surface area (Å²) in [6.07, 6.45) is 4.94. The van der Waals surface area contributed by atoms with E-state index in [4.69, 9.17) is 5.73 Å². The zero-order valence-corrected chi connectivity index (χ0v) is 12.2. The number of benzene rings is 1. The number of aryl methyl sites for hydroxylation is 1. The molecule has 3 N–H and O–H groups in total. The van der Waals surface area contributed by atoms with Crippen LogP contribution < -0.4 is 11.1 Å². The number of rotatable bonds is 3. The quantitative estimate of drug-likeness (QED) is 0.900. The Morgan fingerprint density at radius 3 is 2.90 bits per heavy atom. The van der Waals surface area contributed by atoms with Crippen LogP contribution >= 0.6 is 0 Å². The topological polar surface area (TPSA) is 72.9 Å². The van der Waals surface area contributed by atoms with E-state index in [9.17, 15) is 4.79 Å². The summed E-state index contributed by atoms with van der Waals surface area (Å²) in [6.45, 7) is 0.490. The van der Waals surface area contributed by atoms with Crippen LogP contribution in [-0.4, -0.2) is 15.7 Å². The maximum absolute atomic E-state index is 12.4. The fraction of sp³-hybridized carbons (Fsp3) is 0.375. The third-order valence-corrected chi connectivity index (χ3v) is 4.13. The van der Waals surface area contributed by atoms with Crippen molar-refractivity contribution in [2.24, 2.45) is 12.8 Å². The number of hydrogen-bond acceptors (Lipinski definition) is 3. The van der Waals surface area contributed by atoms with Gasteiger partial charge in [-0.1, -0.05) is 12.1 Å². The van der Waals surface area contributed by atoms with Gasteiger partial charge in [0.05, 0.1) is 12.2 Å². The van der Waals surface area contributed by atoms with Gasteiger partial charge in [-0.25, -0.2) is 0 Å². The lowest BCUT2D eigenvalue weighted by molar-refractivity contribution is 0.0932. The van der Waals surface area contributed by atoms with E-state index in [0.717, 1.165) is 30.4 Å². The number of fused-ring (bicyclic) bond motifs is 1. The van der Waals surface area contributed by atoms with Gasteiger partial charge in [-0.2, -0.15) is 5.10 Å². The molecule has 1 aromatic carbocycles. The van der Waals surface area contributed by atoms with Crippen LogP contribution in [0.4, 0.5) is 0 Å². The molecule has 1 unspecified atom stereocenters. The predicted octanol–water partition coefficient (Wildman–Crippen LogP) is 1.69. The molecule has 1 aromatic heterocycles. The molecule has 5 nitrogen and oxygen atoms in total. The highest BCUT2D eigenvalue weighted by Crippen LogP contribution is 2.29. The van der Waals surface area contributed by atoms with Crippen molar-refractivity contribution in [3.05, 3.63) is 52.8 Å². The van der Waals surface area contributed by atoms with Crippen molar-refractivity contribution >= 4 is 5.91 Å². The second kappa shape index (κ2) is 5.69. The predicted molar refractivity (Wildman–Crippen MR) is 80.7 cm³/mol. The third-order valence-electron chi connectivity index (χ3n) is 4.13. The average Bonchev–Trinajstić information content (AvgIpc) is 2.90. The maximum atomic E-state index is 12.4. The number of carbonyl (C=O) groups excluding carboxylic acids is 1. The lowest BCUT2D eigenvalue weighted by atomic mass is 9.92. The number of hydrogen-bond donors (Lipinski definition) is 2. The van der Waals surface area contributed by atoms with Gasteiger partial charge in [0.25, 0.3) is 5.91 Å². The SMILES string of the molecule is Cn1ncc2c1CCCC2NC(=O)c1ccc(CN)cc1. The van der Waals surface area contributed by atoms with Gasteiger partial charge in [0.1, 0.15) is 0 Å². The number of carbonyl (C=O) groups is 1. The molecule has 1 amide bonds. The van der Waals surface area contributed by atoms with Crippen LogP contribution in [-0.2, 0) is 20.0 Å². The number of nitrogens with two attached hydrogens (primary N) is 1. The Kier molecular flexibility index (Phi) is 3.75. The van der Waals surface area contributed by atoms with E-state index in [1.807, 2.05) is 42.2 Å². The van der Waals surface area contributed by atoms with E-state index >= 15 is 0 Å². The van der Waals surface area contributed by atoms with E-state index in [0.29, 0.717) is 12.1 Å². The first-order valence-electron chi connectivity index (χ1n) is 7.29. The highest BCUT2D eigenvalue weighted by molar-refractivity contribution is 5.94. The van der Waals surface area contributed by atoms with Gasteiger partial charge in [-0.15, -0.1) is 0 Å². The number of amides is 1. The Hall–Kier alpha value is -2.14. The second-order valence-corrected chi connectivity index (χ2v) is 5.49. The van der Waals surface area contributed by atoms with Crippen molar-refractivity contribution in [1.82, 2.24) is 15.1 Å². The summed E-state index contributed by atoms with van der Waals surface area (Å²) in [4.78, 5) is 12.4. The van der Waals surface area contributed by atoms with Crippen LogP contribution in [0.5, 0.6) is 0 Å². The molecule has 3 rings (SSSR count). The van der Waals surface area contributed by atoms with E-state index in [1.54, 1.807) is 0 Å².